The van der Waals surface area contributed by atoms with Gasteiger partial charge in [0.1, 0.15) is 0 Å². The summed E-state index contributed by atoms with van der Waals surface area (Å²) < 4.78 is 0. The number of hydrogen-bond acceptors (Lipinski definition) is 2. The smallest absolute Gasteiger partial charge is 0.0396 e. The summed E-state index contributed by atoms with van der Waals surface area (Å²) in [6.45, 7) is 5.77. The van der Waals surface area contributed by atoms with Crippen molar-refractivity contribution < 1.29 is 0 Å². The molecule has 94 valence electrons. The third kappa shape index (κ3) is 3.22. The predicted molar refractivity (Wildman–Crippen MR) is 74.9 cm³/mol. The van der Waals surface area contributed by atoms with Gasteiger partial charge in [-0.05, 0) is 63.4 Å². The Morgan fingerprint density at radius 2 is 1.94 bits per heavy atom. The highest BCUT2D eigenvalue weighted by atomic mass is 15.1. The Hall–Kier alpha value is -1.02. The van der Waals surface area contributed by atoms with Crippen molar-refractivity contribution in [1.82, 2.24) is 5.32 Å². The van der Waals surface area contributed by atoms with Crippen LogP contribution < -0.4 is 10.2 Å². The summed E-state index contributed by atoms with van der Waals surface area (Å²) in [6.07, 6.45) is 5.22. The molecule has 0 unspecified atom stereocenters. The van der Waals surface area contributed by atoms with Crippen LogP contribution >= 0.6 is 0 Å². The quantitative estimate of drug-likeness (QED) is 0.858. The molecule has 0 spiro atoms. The first kappa shape index (κ1) is 12.4. The van der Waals surface area contributed by atoms with Crippen LogP contribution in [0.4, 0.5) is 5.69 Å². The molecule has 1 aromatic rings. The van der Waals surface area contributed by atoms with Crippen molar-refractivity contribution in [3.05, 3.63) is 29.3 Å². The molecule has 0 radical (unpaired) electrons. The number of hydrogen-bond donors (Lipinski definition) is 1. The monoisotopic (exact) mass is 232 g/mol. The van der Waals surface area contributed by atoms with Gasteiger partial charge < -0.3 is 10.2 Å². The van der Waals surface area contributed by atoms with Crippen molar-refractivity contribution in [3.8, 4) is 0 Å². The maximum atomic E-state index is 3.20. The van der Waals surface area contributed by atoms with E-state index in [1.165, 1.54) is 49.2 Å². The van der Waals surface area contributed by atoms with Gasteiger partial charge in [0.2, 0.25) is 0 Å². The van der Waals surface area contributed by atoms with E-state index in [0.717, 1.165) is 13.0 Å². The third-order valence-electron chi connectivity index (χ3n) is 3.62. The maximum Gasteiger partial charge on any atom is 0.0396 e. The Balaban J connectivity index is 2.07. The summed E-state index contributed by atoms with van der Waals surface area (Å²) >= 11 is 0. The highest BCUT2D eigenvalue weighted by molar-refractivity contribution is 5.54. The average molecular weight is 232 g/mol. The average Bonchev–Trinajstić information content (AvgIpc) is 2.37. The maximum absolute atomic E-state index is 3.20. The lowest BCUT2D eigenvalue weighted by Crippen LogP contribution is -2.29. The predicted octanol–water partition coefficient (Wildman–Crippen LogP) is 2.75. The Labute approximate surface area is 105 Å². The second-order valence-corrected chi connectivity index (χ2v) is 5.02. The van der Waals surface area contributed by atoms with Crippen molar-refractivity contribution in [2.45, 2.75) is 32.6 Å². The van der Waals surface area contributed by atoms with Crippen molar-refractivity contribution in [2.24, 2.45) is 0 Å². The van der Waals surface area contributed by atoms with Crippen molar-refractivity contribution in [3.63, 3.8) is 0 Å². The van der Waals surface area contributed by atoms with Crippen LogP contribution in [0.25, 0.3) is 0 Å². The SMILES string of the molecule is CNCCc1ccc(N2CCCCC2)c(C)c1. The van der Waals surface area contributed by atoms with Gasteiger partial charge in [-0.25, -0.2) is 0 Å². The molecule has 0 atom stereocenters. The fourth-order valence-electron chi connectivity index (χ4n) is 2.63. The molecule has 2 heteroatoms. The number of aryl methyl sites for hydroxylation is 1. The Kier molecular flexibility index (Phi) is 4.43. The first-order chi connectivity index (χ1) is 8.31. The molecule has 1 heterocycles. The van der Waals surface area contributed by atoms with E-state index in [0.29, 0.717) is 0 Å². The van der Waals surface area contributed by atoms with E-state index in [1.807, 2.05) is 7.05 Å². The highest BCUT2D eigenvalue weighted by Crippen LogP contribution is 2.24. The fourth-order valence-corrected chi connectivity index (χ4v) is 2.63. The summed E-state index contributed by atoms with van der Waals surface area (Å²) in [4.78, 5) is 2.54. The van der Waals surface area contributed by atoms with Gasteiger partial charge >= 0.3 is 0 Å². The van der Waals surface area contributed by atoms with Gasteiger partial charge in [0, 0.05) is 18.8 Å². The van der Waals surface area contributed by atoms with Gasteiger partial charge in [0.05, 0.1) is 0 Å². The molecule has 0 aromatic heterocycles. The van der Waals surface area contributed by atoms with Gasteiger partial charge in [-0.15, -0.1) is 0 Å². The molecule has 1 aromatic carbocycles. The van der Waals surface area contributed by atoms with Gasteiger partial charge in [0.25, 0.3) is 0 Å². The first-order valence-electron chi connectivity index (χ1n) is 6.80. The molecular formula is C15H24N2. The molecule has 1 aliphatic heterocycles. The van der Waals surface area contributed by atoms with Gasteiger partial charge in [-0.2, -0.15) is 0 Å². The Morgan fingerprint density at radius 1 is 1.18 bits per heavy atom. The Bertz CT molecular complexity index is 354. The molecule has 0 aliphatic carbocycles. The van der Waals surface area contributed by atoms with Crippen molar-refractivity contribution >= 4 is 5.69 Å². The molecule has 2 rings (SSSR count). The second-order valence-electron chi connectivity index (χ2n) is 5.02. The normalized spacial score (nSPS) is 16.2. The molecule has 1 aliphatic rings. The molecule has 1 N–H and O–H groups in total. The van der Waals surface area contributed by atoms with Crippen LogP contribution in [0.15, 0.2) is 18.2 Å². The van der Waals surface area contributed by atoms with E-state index >= 15 is 0 Å². The zero-order valence-electron chi connectivity index (χ0n) is 11.1. The number of nitrogens with zero attached hydrogens (tertiary/aromatic N) is 1. The summed E-state index contributed by atoms with van der Waals surface area (Å²) in [5, 5.41) is 3.20. The van der Waals surface area contributed by atoms with E-state index in [-0.39, 0.29) is 0 Å². The van der Waals surface area contributed by atoms with E-state index in [1.54, 1.807) is 0 Å². The summed E-state index contributed by atoms with van der Waals surface area (Å²) in [7, 11) is 2.01. The number of rotatable bonds is 4. The minimum absolute atomic E-state index is 1.06. The number of nitrogens with one attached hydrogen (secondary N) is 1. The van der Waals surface area contributed by atoms with Gasteiger partial charge in [-0.3, -0.25) is 0 Å². The van der Waals surface area contributed by atoms with E-state index in [4.69, 9.17) is 0 Å². The lowest BCUT2D eigenvalue weighted by Gasteiger charge is -2.30. The lowest BCUT2D eigenvalue weighted by molar-refractivity contribution is 0.577. The zero-order chi connectivity index (χ0) is 12.1. The summed E-state index contributed by atoms with van der Waals surface area (Å²) in [5.41, 5.74) is 4.32. The molecule has 1 fully saturated rings. The van der Waals surface area contributed by atoms with E-state index < -0.39 is 0 Å². The number of likely N-dealkylation sites (N-methyl/N-ethyl adjacent to an activating group) is 1. The van der Waals surface area contributed by atoms with Crippen LogP contribution in [0.2, 0.25) is 0 Å². The fraction of sp³-hybridized carbons (Fsp3) is 0.600. The standard InChI is InChI=1S/C15H24N2/c1-13-12-14(8-9-16-2)6-7-15(13)17-10-4-3-5-11-17/h6-7,12,16H,3-5,8-11H2,1-2H3. The van der Waals surface area contributed by atoms with Gasteiger partial charge in [-0.1, -0.05) is 12.1 Å². The second kappa shape index (κ2) is 6.06. The lowest BCUT2D eigenvalue weighted by atomic mass is 10.0. The number of piperidine rings is 1. The molecule has 0 amide bonds. The van der Waals surface area contributed by atoms with E-state index in [2.05, 4.69) is 35.3 Å². The number of anilines is 1. The third-order valence-corrected chi connectivity index (χ3v) is 3.62. The van der Waals surface area contributed by atoms with Crippen molar-refractivity contribution in [1.29, 1.82) is 0 Å². The summed E-state index contributed by atoms with van der Waals surface area (Å²) in [5.74, 6) is 0. The topological polar surface area (TPSA) is 15.3 Å². The summed E-state index contributed by atoms with van der Waals surface area (Å²) in [6, 6.07) is 6.95. The van der Waals surface area contributed by atoms with Crippen LogP contribution in [0.5, 0.6) is 0 Å². The molecule has 1 saturated heterocycles. The van der Waals surface area contributed by atoms with Crippen LogP contribution in [-0.4, -0.2) is 26.7 Å². The molecule has 2 nitrogen and oxygen atoms in total. The molecule has 0 saturated carbocycles. The highest BCUT2D eigenvalue weighted by Gasteiger charge is 2.12. The first-order valence-corrected chi connectivity index (χ1v) is 6.80. The largest absolute Gasteiger partial charge is 0.371 e. The van der Waals surface area contributed by atoms with Crippen LogP contribution in [-0.2, 0) is 6.42 Å². The van der Waals surface area contributed by atoms with E-state index in [9.17, 15) is 0 Å². The molecular weight excluding hydrogens is 208 g/mol. The minimum atomic E-state index is 1.06. The zero-order valence-corrected chi connectivity index (χ0v) is 11.1. The molecule has 17 heavy (non-hydrogen) atoms. The number of benzene rings is 1. The van der Waals surface area contributed by atoms with Crippen LogP contribution in [0.1, 0.15) is 30.4 Å². The Morgan fingerprint density at radius 3 is 2.59 bits per heavy atom. The minimum Gasteiger partial charge on any atom is -0.371 e. The van der Waals surface area contributed by atoms with Gasteiger partial charge in [0.15, 0.2) is 0 Å². The van der Waals surface area contributed by atoms with Crippen LogP contribution in [0.3, 0.4) is 0 Å². The molecule has 0 bridgehead atoms. The van der Waals surface area contributed by atoms with Crippen molar-refractivity contribution in [2.75, 3.05) is 31.6 Å². The van der Waals surface area contributed by atoms with Crippen LogP contribution in [0, 0.1) is 6.92 Å².